The molecule has 3 unspecified atom stereocenters. The van der Waals surface area contributed by atoms with Crippen LogP contribution in [0.5, 0.6) is 5.75 Å². The lowest BCUT2D eigenvalue weighted by Gasteiger charge is -2.45. The first-order valence-electron chi connectivity index (χ1n) is 12.3. The van der Waals surface area contributed by atoms with Crippen molar-refractivity contribution in [2.75, 3.05) is 49.6 Å². The van der Waals surface area contributed by atoms with Crippen molar-refractivity contribution in [1.82, 2.24) is 4.90 Å². The van der Waals surface area contributed by atoms with Crippen LogP contribution in [0.15, 0.2) is 48.5 Å². The summed E-state index contributed by atoms with van der Waals surface area (Å²) in [6.45, 7) is 3.45. The normalized spacial score (nSPS) is 21.8. The van der Waals surface area contributed by atoms with Crippen LogP contribution in [0.3, 0.4) is 0 Å². The first kappa shape index (κ1) is 27.7. The Morgan fingerprint density at radius 3 is 2.55 bits per heavy atom. The molecular weight excluding hydrogens is 505 g/mol. The molecule has 0 bridgehead atoms. The number of nitrogens with two attached hydrogens (primary N) is 1. The molecule has 206 valence electrons. The van der Waals surface area contributed by atoms with E-state index in [2.05, 4.69) is 10.1 Å². The van der Waals surface area contributed by atoms with Gasteiger partial charge in [-0.1, -0.05) is 12.1 Å². The number of benzene rings is 2. The number of nitrogens with zero attached hydrogens (tertiary/aromatic N) is 2. The third-order valence-corrected chi connectivity index (χ3v) is 6.94. The Labute approximate surface area is 218 Å². The zero-order valence-electron chi connectivity index (χ0n) is 20.9. The Morgan fingerprint density at radius 2 is 1.92 bits per heavy atom. The third kappa shape index (κ3) is 6.55. The predicted molar refractivity (Wildman–Crippen MR) is 134 cm³/mol. The van der Waals surface area contributed by atoms with E-state index in [-0.39, 0.29) is 18.3 Å². The largest absolute Gasteiger partial charge is 0.573 e. The fourth-order valence-electron chi connectivity index (χ4n) is 5.35. The van der Waals surface area contributed by atoms with Crippen molar-refractivity contribution >= 4 is 23.2 Å². The number of hydrogen-bond donors (Lipinski definition) is 3. The highest BCUT2D eigenvalue weighted by molar-refractivity contribution is 5.89. The number of anilines is 2. The maximum absolute atomic E-state index is 12.6. The van der Waals surface area contributed by atoms with Crippen LogP contribution in [-0.2, 0) is 14.3 Å². The van der Waals surface area contributed by atoms with E-state index in [1.54, 1.807) is 36.4 Å². The van der Waals surface area contributed by atoms with Crippen molar-refractivity contribution in [3.8, 4) is 5.75 Å². The first-order valence-corrected chi connectivity index (χ1v) is 12.3. The van der Waals surface area contributed by atoms with Gasteiger partial charge in [0.15, 0.2) is 0 Å². The second-order valence-electron chi connectivity index (χ2n) is 9.65. The molecule has 0 aromatic heterocycles. The number of aliphatic hydroxyl groups excluding tert-OH is 1. The lowest BCUT2D eigenvalue weighted by molar-refractivity contribution is -0.274. The van der Waals surface area contributed by atoms with Crippen LogP contribution in [-0.4, -0.2) is 79.2 Å². The van der Waals surface area contributed by atoms with E-state index in [1.165, 1.54) is 19.1 Å². The van der Waals surface area contributed by atoms with E-state index in [9.17, 15) is 27.9 Å². The molecule has 4 N–H and O–H groups in total. The second kappa shape index (κ2) is 11.2. The van der Waals surface area contributed by atoms with E-state index < -0.39 is 29.8 Å². The topological polar surface area (TPSA) is 117 Å². The molecule has 3 atom stereocenters. The fourth-order valence-corrected chi connectivity index (χ4v) is 5.35. The molecule has 0 saturated carbocycles. The fraction of sp³-hybridized carbons (Fsp3) is 0.462. The minimum atomic E-state index is -4.75. The summed E-state index contributed by atoms with van der Waals surface area (Å²) in [5.41, 5.74) is 7.06. The molecular formula is C26H31F3N4O5. The van der Waals surface area contributed by atoms with Crippen molar-refractivity contribution in [2.24, 2.45) is 5.73 Å². The number of halogens is 3. The number of hydrogen-bond acceptors (Lipinski definition) is 7. The van der Waals surface area contributed by atoms with Gasteiger partial charge < -0.3 is 30.5 Å². The molecule has 12 heteroatoms. The van der Waals surface area contributed by atoms with Crippen LogP contribution in [0.4, 0.5) is 24.5 Å². The Morgan fingerprint density at radius 1 is 1.18 bits per heavy atom. The molecule has 9 nitrogen and oxygen atoms in total. The van der Waals surface area contributed by atoms with Crippen molar-refractivity contribution < 1.29 is 37.3 Å². The van der Waals surface area contributed by atoms with Crippen LogP contribution in [0.1, 0.15) is 24.8 Å². The van der Waals surface area contributed by atoms with Crippen molar-refractivity contribution in [3.63, 3.8) is 0 Å². The van der Waals surface area contributed by atoms with Gasteiger partial charge in [-0.25, -0.2) is 0 Å². The maximum atomic E-state index is 12.6. The number of nitrogens with one attached hydrogen (secondary N) is 1. The summed E-state index contributed by atoms with van der Waals surface area (Å²) in [6, 6.07) is 11.9. The van der Waals surface area contributed by atoms with Crippen LogP contribution in [0, 0.1) is 0 Å². The van der Waals surface area contributed by atoms with Crippen LogP contribution in [0.25, 0.3) is 0 Å². The van der Waals surface area contributed by atoms with Gasteiger partial charge >= 0.3 is 6.36 Å². The number of rotatable bonds is 8. The molecule has 2 heterocycles. The summed E-state index contributed by atoms with van der Waals surface area (Å²) in [6.07, 6.45) is -4.10. The van der Waals surface area contributed by atoms with Gasteiger partial charge in [0.2, 0.25) is 11.8 Å². The number of carbonyl (C=O) groups is 2. The van der Waals surface area contributed by atoms with Crippen molar-refractivity contribution in [1.29, 1.82) is 0 Å². The molecule has 2 fully saturated rings. The van der Waals surface area contributed by atoms with Gasteiger partial charge in [-0.3, -0.25) is 14.5 Å². The van der Waals surface area contributed by atoms with Gasteiger partial charge in [-0.15, -0.1) is 13.2 Å². The molecule has 2 aliphatic heterocycles. The standard InChI is InChI=1S/C26H31F3N4O5/c1-17(35)31-19-4-2-3-18(13-19)23(24(30)36)22(14-34)33-11-12-37-25(16-33)9-10-32(15-25)20-5-7-21(8-6-20)38-26(27,28)29/h2-8,13,22-23,34H,9-12,14-16H2,1H3,(H2,30,36)(H,31,35). The van der Waals surface area contributed by atoms with Crippen molar-refractivity contribution in [3.05, 3.63) is 54.1 Å². The zero-order valence-corrected chi connectivity index (χ0v) is 20.9. The number of primary amides is 1. The Bertz CT molecular complexity index is 1150. The Balaban J connectivity index is 1.49. The number of ether oxygens (including phenoxy) is 2. The van der Waals surface area contributed by atoms with Gasteiger partial charge in [0.1, 0.15) is 5.75 Å². The zero-order chi connectivity index (χ0) is 27.5. The highest BCUT2D eigenvalue weighted by Gasteiger charge is 2.46. The number of morpholine rings is 1. The first-order chi connectivity index (χ1) is 18.0. The lowest BCUT2D eigenvalue weighted by Crippen LogP contribution is -2.59. The van der Waals surface area contributed by atoms with E-state index in [1.807, 2.05) is 9.80 Å². The number of carbonyl (C=O) groups excluding carboxylic acids is 2. The molecule has 1 spiro atoms. The summed E-state index contributed by atoms with van der Waals surface area (Å²) in [7, 11) is 0. The SMILES string of the molecule is CC(=O)Nc1cccc(C(C(N)=O)C(CO)N2CCOC3(CCN(c4ccc(OC(F)(F)F)cc4)C3)C2)c1. The van der Waals surface area contributed by atoms with Gasteiger partial charge in [0.05, 0.1) is 24.7 Å². The van der Waals surface area contributed by atoms with Crippen molar-refractivity contribution in [2.45, 2.75) is 37.3 Å². The highest BCUT2D eigenvalue weighted by atomic mass is 19.4. The summed E-state index contributed by atoms with van der Waals surface area (Å²) in [5.74, 6) is -1.97. The molecule has 4 rings (SSSR count). The number of amides is 2. The monoisotopic (exact) mass is 536 g/mol. The van der Waals surface area contributed by atoms with Crippen LogP contribution >= 0.6 is 0 Å². The molecule has 2 amide bonds. The van der Waals surface area contributed by atoms with E-state index >= 15 is 0 Å². The molecule has 38 heavy (non-hydrogen) atoms. The lowest BCUT2D eigenvalue weighted by atomic mass is 9.88. The minimum Gasteiger partial charge on any atom is -0.406 e. The molecule has 0 aliphatic carbocycles. The third-order valence-electron chi connectivity index (χ3n) is 6.94. The van der Waals surface area contributed by atoms with Gasteiger partial charge in [-0.2, -0.15) is 0 Å². The molecule has 0 radical (unpaired) electrons. The summed E-state index contributed by atoms with van der Waals surface area (Å²) in [4.78, 5) is 28.1. The predicted octanol–water partition coefficient (Wildman–Crippen LogP) is 2.45. The number of alkyl halides is 3. The van der Waals surface area contributed by atoms with E-state index in [4.69, 9.17) is 10.5 Å². The maximum Gasteiger partial charge on any atom is 0.573 e. The minimum absolute atomic E-state index is 0.250. The van der Waals surface area contributed by atoms with Gasteiger partial charge in [-0.05, 0) is 48.4 Å². The van der Waals surface area contributed by atoms with Crippen LogP contribution in [0.2, 0.25) is 0 Å². The molecule has 2 aromatic carbocycles. The second-order valence-corrected chi connectivity index (χ2v) is 9.65. The Kier molecular flexibility index (Phi) is 8.14. The Hall–Kier alpha value is -3.35. The smallest absolute Gasteiger partial charge is 0.406 e. The summed E-state index contributed by atoms with van der Waals surface area (Å²) < 4.78 is 47.6. The quantitative estimate of drug-likeness (QED) is 0.475. The summed E-state index contributed by atoms with van der Waals surface area (Å²) in [5, 5.41) is 13.1. The van der Waals surface area contributed by atoms with Gasteiger partial charge in [0, 0.05) is 50.5 Å². The van der Waals surface area contributed by atoms with Gasteiger partial charge in [0.25, 0.3) is 0 Å². The molecule has 2 aliphatic rings. The molecule has 2 saturated heterocycles. The molecule has 2 aromatic rings. The van der Waals surface area contributed by atoms with E-state index in [0.717, 1.165) is 5.69 Å². The highest BCUT2D eigenvalue weighted by Crippen LogP contribution is 2.36. The van der Waals surface area contributed by atoms with Crippen LogP contribution < -0.4 is 20.7 Å². The number of aliphatic hydroxyl groups is 1. The average Bonchev–Trinajstić information content (AvgIpc) is 3.24. The summed E-state index contributed by atoms with van der Waals surface area (Å²) >= 11 is 0. The average molecular weight is 537 g/mol. The van der Waals surface area contributed by atoms with E-state index in [0.29, 0.717) is 50.5 Å².